The van der Waals surface area contributed by atoms with Gasteiger partial charge >= 0.3 is 5.69 Å². The summed E-state index contributed by atoms with van der Waals surface area (Å²) in [6.07, 6.45) is 6.60. The highest BCUT2D eigenvalue weighted by atomic mass is 16.5. The second-order valence-corrected chi connectivity index (χ2v) is 8.42. The number of morpholine rings is 1. The molecule has 1 aliphatic rings. The summed E-state index contributed by atoms with van der Waals surface area (Å²) in [5.74, 6) is 1.98. The first kappa shape index (κ1) is 22.6. The molecule has 0 bridgehead atoms. The van der Waals surface area contributed by atoms with Gasteiger partial charge in [-0.3, -0.25) is 14.2 Å². The first-order chi connectivity index (χ1) is 17.1. The lowest BCUT2D eigenvalue weighted by Gasteiger charge is -2.35. The average molecular weight is 473 g/mol. The molecule has 5 rings (SSSR count). The van der Waals surface area contributed by atoms with Crippen molar-refractivity contribution in [2.24, 2.45) is 0 Å². The molecule has 10 heteroatoms. The van der Waals surface area contributed by atoms with E-state index in [2.05, 4.69) is 27.3 Å². The number of rotatable bonds is 7. The van der Waals surface area contributed by atoms with Crippen LogP contribution in [0.4, 0.5) is 17.5 Å². The Kier molecular flexibility index (Phi) is 6.19. The molecule has 0 amide bonds. The van der Waals surface area contributed by atoms with Crippen molar-refractivity contribution in [3.8, 4) is 16.8 Å². The summed E-state index contributed by atoms with van der Waals surface area (Å²) in [6, 6.07) is 11.8. The molecular formula is C25H28N8O2. The van der Waals surface area contributed by atoms with Crippen LogP contribution in [0.1, 0.15) is 19.4 Å². The second-order valence-electron chi connectivity index (χ2n) is 8.42. The van der Waals surface area contributed by atoms with Crippen LogP contribution in [0.3, 0.4) is 0 Å². The smallest absolute Gasteiger partial charge is 0.332 e. The quantitative estimate of drug-likeness (QED) is 0.355. The van der Waals surface area contributed by atoms with Crippen LogP contribution in [0.25, 0.3) is 16.8 Å². The number of aryl methyl sites for hydroxylation is 1. The van der Waals surface area contributed by atoms with Crippen molar-refractivity contribution >= 4 is 23.7 Å². The zero-order chi connectivity index (χ0) is 24.4. The number of benzene rings is 1. The number of H-pyrrole nitrogens is 1. The predicted molar refractivity (Wildman–Crippen MR) is 136 cm³/mol. The molecule has 4 aromatic rings. The molecule has 0 aliphatic carbocycles. The van der Waals surface area contributed by atoms with Crippen molar-refractivity contribution in [3.05, 3.63) is 71.0 Å². The Balaban J connectivity index is 1.59. The molecular weight excluding hydrogens is 444 g/mol. The average Bonchev–Trinajstić information content (AvgIpc) is 3.53. The molecule has 180 valence electrons. The van der Waals surface area contributed by atoms with Gasteiger partial charge in [-0.25, -0.2) is 9.78 Å². The molecule has 35 heavy (non-hydrogen) atoms. The Labute approximate surface area is 202 Å². The fraction of sp³-hybridized carbons (Fsp3) is 0.280. The fourth-order valence-corrected chi connectivity index (χ4v) is 4.34. The highest BCUT2D eigenvalue weighted by molar-refractivity contribution is 5.96. The zero-order valence-corrected chi connectivity index (χ0v) is 19.7. The number of hydrogen-bond donors (Lipinski definition) is 3. The van der Waals surface area contributed by atoms with Crippen molar-refractivity contribution < 1.29 is 4.74 Å². The largest absolute Gasteiger partial charge is 0.377 e. The van der Waals surface area contributed by atoms with Crippen LogP contribution in [0.5, 0.6) is 0 Å². The first-order valence-corrected chi connectivity index (χ1v) is 11.6. The van der Waals surface area contributed by atoms with Crippen LogP contribution >= 0.6 is 0 Å². The van der Waals surface area contributed by atoms with Crippen LogP contribution in [0.2, 0.25) is 0 Å². The van der Waals surface area contributed by atoms with Crippen molar-refractivity contribution in [2.45, 2.75) is 26.4 Å². The van der Waals surface area contributed by atoms with Gasteiger partial charge < -0.3 is 20.4 Å². The van der Waals surface area contributed by atoms with Gasteiger partial charge in [-0.15, -0.1) is 0 Å². The molecule has 3 N–H and O–H groups in total. The number of hydrogen-bond acceptors (Lipinski definition) is 7. The van der Waals surface area contributed by atoms with E-state index >= 15 is 0 Å². The molecule has 0 unspecified atom stereocenters. The molecule has 0 spiro atoms. The van der Waals surface area contributed by atoms with Crippen molar-refractivity contribution in [3.63, 3.8) is 0 Å². The summed E-state index contributed by atoms with van der Waals surface area (Å²) in [4.78, 5) is 19.7. The Bertz CT molecular complexity index is 1370. The van der Waals surface area contributed by atoms with Gasteiger partial charge in [-0.1, -0.05) is 12.1 Å². The topological polar surface area (TPSA) is 117 Å². The molecule has 1 aliphatic heterocycles. The van der Waals surface area contributed by atoms with E-state index in [0.29, 0.717) is 37.0 Å². The van der Waals surface area contributed by atoms with Gasteiger partial charge in [0.1, 0.15) is 11.6 Å². The summed E-state index contributed by atoms with van der Waals surface area (Å²) in [5.41, 5.74) is 3.16. The molecule has 1 aromatic carbocycles. The molecule has 10 nitrogen and oxygen atoms in total. The van der Waals surface area contributed by atoms with E-state index in [0.717, 1.165) is 29.2 Å². The number of anilines is 3. The van der Waals surface area contributed by atoms with E-state index in [4.69, 9.17) is 15.1 Å². The summed E-state index contributed by atoms with van der Waals surface area (Å²) in [5, 5.41) is 18.4. The molecule has 1 saturated heterocycles. The minimum atomic E-state index is -0.0709. The van der Waals surface area contributed by atoms with Crippen molar-refractivity contribution in [1.82, 2.24) is 24.3 Å². The van der Waals surface area contributed by atoms with E-state index in [1.54, 1.807) is 27.7 Å². The molecule has 1 fully saturated rings. The number of aromatic nitrogens is 5. The monoisotopic (exact) mass is 472 g/mol. The predicted octanol–water partition coefficient (Wildman–Crippen LogP) is 3.41. The van der Waals surface area contributed by atoms with E-state index in [9.17, 15) is 4.79 Å². The SMILES string of the molecule is CCn1ccn(-c2ccc(-c3cc(N4CCOC[C@H]4C)nc(Nc4cc[nH]n4)c3C=N)cc2)c1=O. The lowest BCUT2D eigenvalue weighted by Crippen LogP contribution is -2.44. The molecule has 1 atom stereocenters. The summed E-state index contributed by atoms with van der Waals surface area (Å²) >= 11 is 0. The minimum Gasteiger partial charge on any atom is -0.377 e. The standard InChI is InChI=1S/C25H28N8O2/c1-3-31-10-11-33(25(31)34)19-6-4-18(5-7-19)20-14-23(32-12-13-35-16-17(32)2)29-24(21(20)15-26)28-22-8-9-27-30-22/h4-11,14-15,17,26H,3,12-13,16H2,1-2H3,(H2,27,28,29,30)/t17-/m1/s1. The zero-order valence-electron chi connectivity index (χ0n) is 19.7. The van der Waals surface area contributed by atoms with E-state index in [-0.39, 0.29) is 11.7 Å². The van der Waals surface area contributed by atoms with Gasteiger partial charge in [0, 0.05) is 49.5 Å². The van der Waals surface area contributed by atoms with Gasteiger partial charge in [0.2, 0.25) is 0 Å². The Morgan fingerprint density at radius 1 is 1.26 bits per heavy atom. The van der Waals surface area contributed by atoms with Gasteiger partial charge in [0.05, 0.1) is 24.9 Å². The fourth-order valence-electron chi connectivity index (χ4n) is 4.34. The summed E-state index contributed by atoms with van der Waals surface area (Å²) < 4.78 is 8.91. The highest BCUT2D eigenvalue weighted by Crippen LogP contribution is 2.33. The maximum atomic E-state index is 12.6. The summed E-state index contributed by atoms with van der Waals surface area (Å²) in [6.45, 7) is 6.68. The van der Waals surface area contributed by atoms with Crippen LogP contribution in [0.15, 0.2) is 59.8 Å². The number of nitrogens with zero attached hydrogens (tertiary/aromatic N) is 5. The summed E-state index contributed by atoms with van der Waals surface area (Å²) in [7, 11) is 0. The van der Waals surface area contributed by atoms with Gasteiger partial charge in [0.25, 0.3) is 0 Å². The number of pyridine rings is 1. The third-order valence-corrected chi connectivity index (χ3v) is 6.24. The molecule has 3 aromatic heterocycles. The number of ether oxygens (including phenoxy) is 1. The first-order valence-electron chi connectivity index (χ1n) is 11.6. The Morgan fingerprint density at radius 2 is 2.09 bits per heavy atom. The maximum Gasteiger partial charge on any atom is 0.332 e. The molecule has 0 saturated carbocycles. The highest BCUT2D eigenvalue weighted by Gasteiger charge is 2.23. The minimum absolute atomic E-state index is 0.0709. The molecule has 4 heterocycles. The normalized spacial score (nSPS) is 15.8. The molecule has 0 radical (unpaired) electrons. The van der Waals surface area contributed by atoms with E-state index in [1.807, 2.05) is 43.3 Å². The van der Waals surface area contributed by atoms with Gasteiger partial charge in [0.15, 0.2) is 5.82 Å². The Morgan fingerprint density at radius 3 is 2.74 bits per heavy atom. The Hall–Kier alpha value is -4.18. The second kappa shape index (κ2) is 9.59. The van der Waals surface area contributed by atoms with E-state index in [1.165, 1.54) is 6.21 Å². The van der Waals surface area contributed by atoms with Crippen LogP contribution in [0, 0.1) is 5.41 Å². The third kappa shape index (κ3) is 4.35. The van der Waals surface area contributed by atoms with Crippen molar-refractivity contribution in [2.75, 3.05) is 30.0 Å². The van der Waals surface area contributed by atoms with E-state index < -0.39 is 0 Å². The lowest BCUT2D eigenvalue weighted by atomic mass is 10.00. The number of aromatic amines is 1. The van der Waals surface area contributed by atoms with Crippen LogP contribution in [-0.2, 0) is 11.3 Å². The van der Waals surface area contributed by atoms with Crippen molar-refractivity contribution in [1.29, 1.82) is 5.41 Å². The maximum absolute atomic E-state index is 12.6. The van der Waals surface area contributed by atoms with Gasteiger partial charge in [-0.2, -0.15) is 5.10 Å². The number of nitrogens with one attached hydrogen (secondary N) is 3. The van der Waals surface area contributed by atoms with Crippen LogP contribution in [-0.4, -0.2) is 56.3 Å². The van der Waals surface area contributed by atoms with Crippen LogP contribution < -0.4 is 15.9 Å². The lowest BCUT2D eigenvalue weighted by molar-refractivity contribution is 0.0985. The van der Waals surface area contributed by atoms with Gasteiger partial charge in [-0.05, 0) is 43.2 Å². The number of imidazole rings is 1. The third-order valence-electron chi connectivity index (χ3n) is 6.24.